The summed E-state index contributed by atoms with van der Waals surface area (Å²) in [6, 6.07) is 4.67. The van der Waals surface area contributed by atoms with Crippen LogP contribution >= 0.6 is 11.6 Å². The van der Waals surface area contributed by atoms with E-state index in [1.165, 1.54) is 11.6 Å². The number of rotatable bonds is 2. The fourth-order valence-corrected chi connectivity index (χ4v) is 2.05. The van der Waals surface area contributed by atoms with E-state index in [0.29, 0.717) is 15.9 Å². The van der Waals surface area contributed by atoms with Gasteiger partial charge < -0.3 is 14.4 Å². The lowest BCUT2D eigenvalue weighted by Crippen LogP contribution is -2.26. The summed E-state index contributed by atoms with van der Waals surface area (Å²) in [6.45, 7) is 1.75. The van der Waals surface area contributed by atoms with Crippen LogP contribution in [0.15, 0.2) is 23.0 Å². The van der Waals surface area contributed by atoms with Crippen LogP contribution in [0.3, 0.4) is 0 Å². The molecule has 0 radical (unpaired) electrons. The van der Waals surface area contributed by atoms with E-state index in [0.717, 1.165) is 0 Å². The number of pyridine rings is 1. The van der Waals surface area contributed by atoms with Gasteiger partial charge in [-0.3, -0.25) is 4.79 Å². The van der Waals surface area contributed by atoms with Crippen molar-refractivity contribution in [1.29, 1.82) is 0 Å². The fourth-order valence-electron chi connectivity index (χ4n) is 1.88. The second-order valence-corrected chi connectivity index (χ2v) is 4.41. The number of halogens is 1. The molecule has 1 heterocycles. The Morgan fingerprint density at radius 2 is 2.16 bits per heavy atom. The van der Waals surface area contributed by atoms with Crippen LogP contribution in [0.5, 0.6) is 5.75 Å². The van der Waals surface area contributed by atoms with E-state index in [4.69, 9.17) is 16.3 Å². The van der Waals surface area contributed by atoms with Gasteiger partial charge in [-0.1, -0.05) is 11.6 Å². The lowest BCUT2D eigenvalue weighted by atomic mass is 10.1. The van der Waals surface area contributed by atoms with Crippen LogP contribution in [0.4, 0.5) is 0 Å². The zero-order chi connectivity index (χ0) is 14.2. The Labute approximate surface area is 114 Å². The average Bonchev–Trinajstić information content (AvgIpc) is 2.36. The molecule has 0 bridgehead atoms. The lowest BCUT2D eigenvalue weighted by molar-refractivity contribution is 0.0520. The van der Waals surface area contributed by atoms with E-state index in [9.17, 15) is 14.7 Å². The molecule has 0 aliphatic heterocycles. The van der Waals surface area contributed by atoms with Gasteiger partial charge in [-0.2, -0.15) is 0 Å². The third-order valence-electron chi connectivity index (χ3n) is 2.81. The Morgan fingerprint density at radius 3 is 2.79 bits per heavy atom. The fraction of sp³-hybridized carbons (Fsp3) is 0.231. The Bertz CT molecular complexity index is 721. The number of hydrogen-bond donors (Lipinski definition) is 1. The molecule has 0 amide bonds. The summed E-state index contributed by atoms with van der Waals surface area (Å²) >= 11 is 5.86. The van der Waals surface area contributed by atoms with Gasteiger partial charge >= 0.3 is 5.97 Å². The van der Waals surface area contributed by atoms with Gasteiger partial charge in [0.15, 0.2) is 5.56 Å². The van der Waals surface area contributed by atoms with E-state index in [1.807, 2.05) is 0 Å². The van der Waals surface area contributed by atoms with Gasteiger partial charge in [-0.15, -0.1) is 0 Å². The monoisotopic (exact) mass is 281 g/mol. The van der Waals surface area contributed by atoms with E-state index in [2.05, 4.69) is 0 Å². The minimum Gasteiger partial charge on any atom is -0.506 e. The molecule has 6 heteroatoms. The predicted molar refractivity (Wildman–Crippen MR) is 71.8 cm³/mol. The molecule has 0 aliphatic rings. The van der Waals surface area contributed by atoms with Gasteiger partial charge in [-0.05, 0) is 25.1 Å². The molecule has 1 N–H and O–H groups in total. The van der Waals surface area contributed by atoms with Crippen molar-refractivity contribution in [3.63, 3.8) is 0 Å². The molecule has 2 aromatic rings. The Kier molecular flexibility index (Phi) is 3.48. The van der Waals surface area contributed by atoms with Crippen molar-refractivity contribution in [2.24, 2.45) is 7.05 Å². The van der Waals surface area contributed by atoms with Crippen molar-refractivity contribution in [2.45, 2.75) is 6.92 Å². The van der Waals surface area contributed by atoms with Crippen molar-refractivity contribution < 1.29 is 14.6 Å². The maximum atomic E-state index is 12.1. The third kappa shape index (κ3) is 2.17. The van der Waals surface area contributed by atoms with Crippen LogP contribution in [-0.4, -0.2) is 22.2 Å². The van der Waals surface area contributed by atoms with Crippen LogP contribution in [0.25, 0.3) is 10.9 Å². The minimum absolute atomic E-state index is 0.125. The molecule has 1 aromatic carbocycles. The molecule has 0 saturated carbocycles. The van der Waals surface area contributed by atoms with Crippen molar-refractivity contribution in [3.05, 3.63) is 39.1 Å². The standard InChI is InChI=1S/C13H12ClNO4/c1-3-19-13(18)10-11(16)8-5-4-7(14)6-9(8)15(2)12(10)17/h4-6,16H,3H2,1-2H3. The molecular weight excluding hydrogens is 270 g/mol. The molecule has 0 unspecified atom stereocenters. The summed E-state index contributed by atoms with van der Waals surface area (Å²) in [5.74, 6) is -1.22. The van der Waals surface area contributed by atoms with Gasteiger partial charge in [0.05, 0.1) is 12.1 Å². The summed E-state index contributed by atoms with van der Waals surface area (Å²) < 4.78 is 6.04. The van der Waals surface area contributed by atoms with Crippen LogP contribution < -0.4 is 5.56 Å². The highest BCUT2D eigenvalue weighted by Gasteiger charge is 2.22. The number of aryl methyl sites for hydroxylation is 1. The number of ether oxygens (including phenoxy) is 1. The van der Waals surface area contributed by atoms with E-state index in [-0.39, 0.29) is 17.9 Å². The molecule has 1 aromatic heterocycles. The van der Waals surface area contributed by atoms with Gasteiger partial charge in [0.25, 0.3) is 5.56 Å². The summed E-state index contributed by atoms with van der Waals surface area (Å²) in [4.78, 5) is 23.8. The summed E-state index contributed by atoms with van der Waals surface area (Å²) in [5.41, 5.74) is -0.534. The lowest BCUT2D eigenvalue weighted by Gasteiger charge is -2.11. The minimum atomic E-state index is -0.836. The predicted octanol–water partition coefficient (Wildman–Crippen LogP) is 2.07. The number of nitrogens with zero attached hydrogens (tertiary/aromatic N) is 1. The van der Waals surface area contributed by atoms with Gasteiger partial charge in [0.1, 0.15) is 5.75 Å². The Hall–Kier alpha value is -2.01. The number of carbonyl (C=O) groups is 1. The number of hydrogen-bond acceptors (Lipinski definition) is 4. The molecule has 0 fully saturated rings. The molecule has 0 atom stereocenters. The first-order chi connectivity index (χ1) is 8.97. The number of fused-ring (bicyclic) bond motifs is 1. The van der Waals surface area contributed by atoms with Crippen molar-refractivity contribution in [3.8, 4) is 5.75 Å². The van der Waals surface area contributed by atoms with Gasteiger partial charge in [0, 0.05) is 17.5 Å². The highest BCUT2D eigenvalue weighted by atomic mass is 35.5. The van der Waals surface area contributed by atoms with Crippen LogP contribution in [-0.2, 0) is 11.8 Å². The first-order valence-electron chi connectivity index (χ1n) is 5.65. The van der Waals surface area contributed by atoms with E-state index in [1.54, 1.807) is 25.1 Å². The molecule has 5 nitrogen and oxygen atoms in total. The molecule has 2 rings (SSSR count). The second kappa shape index (κ2) is 4.93. The van der Waals surface area contributed by atoms with E-state index < -0.39 is 11.5 Å². The molecule has 0 aliphatic carbocycles. The topological polar surface area (TPSA) is 68.5 Å². The molecule has 0 saturated heterocycles. The summed E-state index contributed by atoms with van der Waals surface area (Å²) in [5, 5.41) is 10.9. The quantitative estimate of drug-likeness (QED) is 0.856. The maximum Gasteiger partial charge on any atom is 0.347 e. The summed E-state index contributed by atoms with van der Waals surface area (Å²) in [6.07, 6.45) is 0. The number of aromatic hydroxyl groups is 1. The van der Waals surface area contributed by atoms with Crippen molar-refractivity contribution >= 4 is 28.5 Å². The smallest absolute Gasteiger partial charge is 0.347 e. The number of carbonyl (C=O) groups excluding carboxylic acids is 1. The Balaban J connectivity index is 2.85. The highest BCUT2D eigenvalue weighted by molar-refractivity contribution is 6.31. The van der Waals surface area contributed by atoms with Crippen molar-refractivity contribution in [1.82, 2.24) is 4.57 Å². The van der Waals surface area contributed by atoms with Crippen LogP contribution in [0.1, 0.15) is 17.3 Å². The van der Waals surface area contributed by atoms with E-state index >= 15 is 0 Å². The third-order valence-corrected chi connectivity index (χ3v) is 3.05. The van der Waals surface area contributed by atoms with Gasteiger partial charge in [-0.25, -0.2) is 4.79 Å². The first kappa shape index (κ1) is 13.4. The number of benzene rings is 1. The van der Waals surface area contributed by atoms with Gasteiger partial charge in [0.2, 0.25) is 0 Å². The zero-order valence-electron chi connectivity index (χ0n) is 10.4. The number of esters is 1. The molecule has 0 spiro atoms. The second-order valence-electron chi connectivity index (χ2n) is 3.97. The largest absolute Gasteiger partial charge is 0.506 e. The van der Waals surface area contributed by atoms with Crippen LogP contribution in [0, 0.1) is 0 Å². The zero-order valence-corrected chi connectivity index (χ0v) is 11.2. The first-order valence-corrected chi connectivity index (χ1v) is 6.03. The van der Waals surface area contributed by atoms with Crippen LogP contribution in [0.2, 0.25) is 5.02 Å². The molecule has 19 heavy (non-hydrogen) atoms. The highest BCUT2D eigenvalue weighted by Crippen LogP contribution is 2.28. The number of aromatic nitrogens is 1. The molecule has 100 valence electrons. The molecular formula is C13H12ClNO4. The Morgan fingerprint density at radius 1 is 1.47 bits per heavy atom. The maximum absolute atomic E-state index is 12.1. The van der Waals surface area contributed by atoms with Crippen molar-refractivity contribution in [2.75, 3.05) is 6.61 Å². The summed E-state index contributed by atoms with van der Waals surface area (Å²) in [7, 11) is 1.50. The SMILES string of the molecule is CCOC(=O)c1c(O)c2ccc(Cl)cc2n(C)c1=O. The normalized spacial score (nSPS) is 10.7. The average molecular weight is 282 g/mol.